The average Bonchev–Trinajstić information content (AvgIpc) is 2.73. The molecule has 0 aliphatic carbocycles. The van der Waals surface area contributed by atoms with Crippen LogP contribution in [0.1, 0.15) is 12.0 Å². The maximum absolute atomic E-state index is 13.0. The van der Waals surface area contributed by atoms with Crippen LogP contribution in [0.3, 0.4) is 0 Å². The normalized spacial score (nSPS) is 20.5. The van der Waals surface area contributed by atoms with E-state index >= 15 is 0 Å². The zero-order valence-electron chi connectivity index (χ0n) is 8.92. The Kier molecular flexibility index (Phi) is 3.21. The van der Waals surface area contributed by atoms with Crippen molar-refractivity contribution in [3.63, 3.8) is 0 Å². The summed E-state index contributed by atoms with van der Waals surface area (Å²) < 4.78 is 18.6. The summed E-state index contributed by atoms with van der Waals surface area (Å²) in [6.45, 7) is 4.58. The van der Waals surface area contributed by atoms with Gasteiger partial charge in [-0.1, -0.05) is 0 Å². The molecule has 0 amide bonds. The molecule has 2 nitrogen and oxygen atoms in total. The van der Waals surface area contributed by atoms with E-state index in [9.17, 15) is 4.39 Å². The molecule has 1 saturated heterocycles. The molecule has 15 heavy (non-hydrogen) atoms. The zero-order chi connectivity index (χ0) is 10.7. The topological polar surface area (TPSA) is 21.3 Å². The third-order valence-corrected chi connectivity index (χ3v) is 2.78. The highest BCUT2D eigenvalue weighted by Gasteiger charge is 2.14. The molecule has 3 heteroatoms. The van der Waals surface area contributed by atoms with Crippen LogP contribution in [-0.2, 0) is 0 Å². The van der Waals surface area contributed by atoms with Crippen LogP contribution < -0.4 is 10.1 Å². The molecule has 0 spiro atoms. The molecule has 0 unspecified atom stereocenters. The van der Waals surface area contributed by atoms with Gasteiger partial charge in [-0.25, -0.2) is 4.39 Å². The van der Waals surface area contributed by atoms with Gasteiger partial charge in [-0.2, -0.15) is 0 Å². The molecule has 0 aromatic heterocycles. The monoisotopic (exact) mass is 209 g/mol. The van der Waals surface area contributed by atoms with E-state index < -0.39 is 0 Å². The van der Waals surface area contributed by atoms with E-state index in [1.165, 1.54) is 12.5 Å². The maximum atomic E-state index is 13.0. The van der Waals surface area contributed by atoms with Gasteiger partial charge in [0.1, 0.15) is 11.6 Å². The molecular weight excluding hydrogens is 193 g/mol. The molecule has 0 saturated carbocycles. The standard InChI is InChI=1S/C12H16FNO/c1-9-6-11(2-3-12(9)13)15-8-10-4-5-14-7-10/h2-3,6,10,14H,4-5,7-8H2,1H3/t10-/m0/s1. The van der Waals surface area contributed by atoms with Crippen molar-refractivity contribution in [3.05, 3.63) is 29.6 Å². The second-order valence-corrected chi connectivity index (χ2v) is 4.08. The number of aryl methyl sites for hydroxylation is 1. The van der Waals surface area contributed by atoms with Crippen molar-refractivity contribution in [2.45, 2.75) is 13.3 Å². The van der Waals surface area contributed by atoms with Gasteiger partial charge in [0.15, 0.2) is 0 Å². The maximum Gasteiger partial charge on any atom is 0.126 e. The molecule has 82 valence electrons. The van der Waals surface area contributed by atoms with E-state index in [1.807, 2.05) is 0 Å². The third kappa shape index (κ3) is 2.69. The van der Waals surface area contributed by atoms with Crippen LogP contribution in [0.2, 0.25) is 0 Å². The molecule has 1 aliphatic rings. The van der Waals surface area contributed by atoms with Crippen molar-refractivity contribution in [1.29, 1.82) is 0 Å². The van der Waals surface area contributed by atoms with Crippen LogP contribution >= 0.6 is 0 Å². The fraction of sp³-hybridized carbons (Fsp3) is 0.500. The molecule has 1 atom stereocenters. The fourth-order valence-electron chi connectivity index (χ4n) is 1.78. The Morgan fingerprint density at radius 2 is 2.40 bits per heavy atom. The molecule has 0 bridgehead atoms. The molecule has 1 fully saturated rings. The van der Waals surface area contributed by atoms with Crippen molar-refractivity contribution in [3.8, 4) is 5.75 Å². The Labute approximate surface area is 89.4 Å². The van der Waals surface area contributed by atoms with Gasteiger partial charge in [-0.15, -0.1) is 0 Å². The lowest BCUT2D eigenvalue weighted by atomic mass is 10.1. The minimum Gasteiger partial charge on any atom is -0.493 e. The van der Waals surface area contributed by atoms with Gasteiger partial charge in [0.05, 0.1) is 6.61 Å². The highest BCUT2D eigenvalue weighted by atomic mass is 19.1. The van der Waals surface area contributed by atoms with Crippen LogP contribution in [0.5, 0.6) is 5.75 Å². The zero-order valence-corrected chi connectivity index (χ0v) is 8.92. The molecule has 2 rings (SSSR count). The molecule has 1 heterocycles. The predicted molar refractivity (Wildman–Crippen MR) is 57.6 cm³/mol. The van der Waals surface area contributed by atoms with Crippen LogP contribution in [0.25, 0.3) is 0 Å². The summed E-state index contributed by atoms with van der Waals surface area (Å²) >= 11 is 0. The number of benzene rings is 1. The fourth-order valence-corrected chi connectivity index (χ4v) is 1.78. The van der Waals surface area contributed by atoms with Crippen molar-refractivity contribution < 1.29 is 9.13 Å². The highest BCUT2D eigenvalue weighted by Crippen LogP contribution is 2.17. The molecular formula is C12H16FNO. The first-order valence-electron chi connectivity index (χ1n) is 5.35. The Bertz CT molecular complexity index is 334. The number of hydrogen-bond acceptors (Lipinski definition) is 2. The highest BCUT2D eigenvalue weighted by molar-refractivity contribution is 5.28. The van der Waals surface area contributed by atoms with E-state index in [-0.39, 0.29) is 5.82 Å². The summed E-state index contributed by atoms with van der Waals surface area (Å²) in [5, 5.41) is 3.29. The Hall–Kier alpha value is -1.09. The number of rotatable bonds is 3. The largest absolute Gasteiger partial charge is 0.493 e. The Balaban J connectivity index is 1.90. The number of ether oxygens (including phenoxy) is 1. The van der Waals surface area contributed by atoms with Crippen LogP contribution in [-0.4, -0.2) is 19.7 Å². The number of hydrogen-bond donors (Lipinski definition) is 1. The second-order valence-electron chi connectivity index (χ2n) is 4.08. The summed E-state index contributed by atoms with van der Waals surface area (Å²) in [6, 6.07) is 4.89. The summed E-state index contributed by atoms with van der Waals surface area (Å²) in [4.78, 5) is 0. The summed E-state index contributed by atoms with van der Waals surface area (Å²) in [6.07, 6.45) is 1.17. The molecule has 1 aromatic carbocycles. The first-order valence-corrected chi connectivity index (χ1v) is 5.35. The van der Waals surface area contributed by atoms with Crippen LogP contribution in [0.4, 0.5) is 4.39 Å². The lowest BCUT2D eigenvalue weighted by Crippen LogP contribution is -2.15. The molecule has 0 radical (unpaired) electrons. The summed E-state index contributed by atoms with van der Waals surface area (Å²) in [7, 11) is 0. The lowest BCUT2D eigenvalue weighted by molar-refractivity contribution is 0.259. The molecule has 1 aliphatic heterocycles. The van der Waals surface area contributed by atoms with Crippen LogP contribution in [0.15, 0.2) is 18.2 Å². The van der Waals surface area contributed by atoms with E-state index in [1.54, 1.807) is 19.1 Å². The Morgan fingerprint density at radius 1 is 1.53 bits per heavy atom. The van der Waals surface area contributed by atoms with E-state index in [0.29, 0.717) is 11.5 Å². The Morgan fingerprint density at radius 3 is 3.07 bits per heavy atom. The summed E-state index contributed by atoms with van der Waals surface area (Å²) in [5.74, 6) is 1.18. The van der Waals surface area contributed by atoms with Crippen molar-refractivity contribution in [2.75, 3.05) is 19.7 Å². The van der Waals surface area contributed by atoms with E-state index in [4.69, 9.17) is 4.74 Å². The predicted octanol–water partition coefficient (Wildman–Crippen LogP) is 2.12. The average molecular weight is 209 g/mol. The minimum atomic E-state index is -0.176. The van der Waals surface area contributed by atoms with Gasteiger partial charge in [-0.3, -0.25) is 0 Å². The number of nitrogens with one attached hydrogen (secondary N) is 1. The van der Waals surface area contributed by atoms with Gasteiger partial charge in [0.2, 0.25) is 0 Å². The molecule has 1 N–H and O–H groups in total. The third-order valence-electron chi connectivity index (χ3n) is 2.78. The van der Waals surface area contributed by atoms with Gasteiger partial charge in [0.25, 0.3) is 0 Å². The van der Waals surface area contributed by atoms with E-state index in [2.05, 4.69) is 5.32 Å². The van der Waals surface area contributed by atoms with Crippen LogP contribution in [0, 0.1) is 18.7 Å². The van der Waals surface area contributed by atoms with E-state index in [0.717, 1.165) is 25.4 Å². The number of halogens is 1. The first-order chi connectivity index (χ1) is 7.25. The smallest absolute Gasteiger partial charge is 0.126 e. The lowest BCUT2D eigenvalue weighted by Gasteiger charge is -2.11. The van der Waals surface area contributed by atoms with Crippen molar-refractivity contribution in [1.82, 2.24) is 5.32 Å². The first kappa shape index (κ1) is 10.4. The van der Waals surface area contributed by atoms with Gasteiger partial charge >= 0.3 is 0 Å². The molecule has 1 aromatic rings. The van der Waals surface area contributed by atoms with Gasteiger partial charge in [0, 0.05) is 12.5 Å². The quantitative estimate of drug-likeness (QED) is 0.823. The van der Waals surface area contributed by atoms with Gasteiger partial charge in [-0.05, 0) is 43.7 Å². The second kappa shape index (κ2) is 4.62. The summed E-state index contributed by atoms with van der Waals surface area (Å²) in [5.41, 5.74) is 0.636. The van der Waals surface area contributed by atoms with Crippen molar-refractivity contribution >= 4 is 0 Å². The SMILES string of the molecule is Cc1cc(OC[C@H]2CCNC2)ccc1F. The van der Waals surface area contributed by atoms with Crippen molar-refractivity contribution in [2.24, 2.45) is 5.92 Å². The minimum absolute atomic E-state index is 0.176. The van der Waals surface area contributed by atoms with Gasteiger partial charge < -0.3 is 10.1 Å².